The van der Waals surface area contributed by atoms with Crippen LogP contribution in [0.2, 0.25) is 0 Å². The molecule has 0 radical (unpaired) electrons. The van der Waals surface area contributed by atoms with Crippen molar-refractivity contribution in [3.05, 3.63) is 30.3 Å². The second kappa shape index (κ2) is 6.65. The first kappa shape index (κ1) is 16.1. The lowest BCUT2D eigenvalue weighted by Gasteiger charge is -2.37. The number of para-hydroxylation sites is 1. The Morgan fingerprint density at radius 3 is 2.50 bits per heavy atom. The first-order valence-electron chi connectivity index (χ1n) is 7.19. The molecule has 22 heavy (non-hydrogen) atoms. The molecule has 1 heterocycles. The van der Waals surface area contributed by atoms with Gasteiger partial charge in [0.15, 0.2) is 5.66 Å². The van der Waals surface area contributed by atoms with E-state index in [1.54, 1.807) is 0 Å². The minimum atomic E-state index is -0.685. The predicted molar refractivity (Wildman–Crippen MR) is 86.2 cm³/mol. The van der Waals surface area contributed by atoms with E-state index in [2.05, 4.69) is 9.98 Å². The summed E-state index contributed by atoms with van der Waals surface area (Å²) in [6, 6.07) is 9.66. The number of hydrogen-bond acceptors (Lipinski definition) is 7. The van der Waals surface area contributed by atoms with Crippen LogP contribution in [0.4, 0.5) is 0 Å². The van der Waals surface area contributed by atoms with Crippen molar-refractivity contribution in [3.63, 3.8) is 0 Å². The van der Waals surface area contributed by atoms with Crippen molar-refractivity contribution in [1.82, 2.24) is 5.06 Å². The van der Waals surface area contributed by atoms with Gasteiger partial charge in [-0.25, -0.2) is 4.99 Å². The molecule has 1 aliphatic heterocycles. The third-order valence-corrected chi connectivity index (χ3v) is 3.09. The van der Waals surface area contributed by atoms with Crippen LogP contribution in [0, 0.1) is 5.92 Å². The minimum Gasteiger partial charge on any atom is -0.493 e. The zero-order valence-corrected chi connectivity index (χ0v) is 13.2. The van der Waals surface area contributed by atoms with Crippen molar-refractivity contribution in [2.75, 3.05) is 13.2 Å². The second-order valence-electron chi connectivity index (χ2n) is 5.75. The van der Waals surface area contributed by atoms with Gasteiger partial charge in [-0.2, -0.15) is 10.1 Å². The first-order chi connectivity index (χ1) is 10.4. The number of aliphatic imine (C=N–C) groups is 2. The molecule has 0 saturated carbocycles. The standard InChI is InChI=1S/C15H23N5O2/c1-11(9-21-12-7-5-4-6-8-12)10-22-20-14(17)18-13(16)19-15(20,2)3/h4-8,11H,9-10H2,1-3H3,(H4,16,17,18,19). The smallest absolute Gasteiger partial charge is 0.226 e. The van der Waals surface area contributed by atoms with E-state index < -0.39 is 5.66 Å². The lowest BCUT2D eigenvalue weighted by Crippen LogP contribution is -2.54. The van der Waals surface area contributed by atoms with E-state index in [0.29, 0.717) is 13.2 Å². The van der Waals surface area contributed by atoms with Crippen LogP contribution in [-0.4, -0.2) is 35.9 Å². The highest BCUT2D eigenvalue weighted by atomic mass is 16.7. The topological polar surface area (TPSA) is 98.5 Å². The van der Waals surface area contributed by atoms with Gasteiger partial charge in [0, 0.05) is 5.92 Å². The van der Waals surface area contributed by atoms with Crippen LogP contribution in [0.3, 0.4) is 0 Å². The molecule has 0 spiro atoms. The maximum Gasteiger partial charge on any atom is 0.226 e. The average molecular weight is 305 g/mol. The first-order valence-corrected chi connectivity index (χ1v) is 7.19. The van der Waals surface area contributed by atoms with Gasteiger partial charge in [-0.15, -0.1) is 0 Å². The number of hydrogen-bond donors (Lipinski definition) is 2. The summed E-state index contributed by atoms with van der Waals surface area (Å²) >= 11 is 0. The van der Waals surface area contributed by atoms with E-state index >= 15 is 0 Å². The second-order valence-corrected chi connectivity index (χ2v) is 5.75. The van der Waals surface area contributed by atoms with Gasteiger partial charge in [0.2, 0.25) is 11.9 Å². The van der Waals surface area contributed by atoms with E-state index in [4.69, 9.17) is 21.0 Å². The summed E-state index contributed by atoms with van der Waals surface area (Å²) in [5.74, 6) is 1.37. The highest BCUT2D eigenvalue weighted by molar-refractivity contribution is 5.95. The van der Waals surface area contributed by atoms with Crippen LogP contribution in [-0.2, 0) is 4.84 Å². The molecular formula is C15H23N5O2. The molecule has 1 aromatic carbocycles. The number of nitrogens with two attached hydrogens (primary N) is 2. The van der Waals surface area contributed by atoms with Crippen molar-refractivity contribution < 1.29 is 9.57 Å². The highest BCUT2D eigenvalue weighted by Crippen LogP contribution is 2.20. The van der Waals surface area contributed by atoms with Crippen molar-refractivity contribution in [3.8, 4) is 5.75 Å². The molecule has 7 heteroatoms. The molecule has 120 valence electrons. The molecule has 4 N–H and O–H groups in total. The molecule has 1 unspecified atom stereocenters. The Labute approximate surface area is 130 Å². The van der Waals surface area contributed by atoms with Crippen molar-refractivity contribution in [2.45, 2.75) is 26.4 Å². The molecule has 1 atom stereocenters. The summed E-state index contributed by atoms with van der Waals surface area (Å²) in [7, 11) is 0. The zero-order chi connectivity index (χ0) is 16.2. The van der Waals surface area contributed by atoms with E-state index in [1.807, 2.05) is 51.1 Å². The Morgan fingerprint density at radius 2 is 1.86 bits per heavy atom. The third kappa shape index (κ3) is 4.11. The maximum atomic E-state index is 5.86. The van der Waals surface area contributed by atoms with Crippen LogP contribution < -0.4 is 16.2 Å². The minimum absolute atomic E-state index is 0.155. The Balaban J connectivity index is 1.83. The zero-order valence-electron chi connectivity index (χ0n) is 13.2. The molecule has 0 aliphatic carbocycles. The predicted octanol–water partition coefficient (Wildman–Crippen LogP) is 1.31. The van der Waals surface area contributed by atoms with Gasteiger partial charge >= 0.3 is 0 Å². The van der Waals surface area contributed by atoms with Gasteiger partial charge in [-0.1, -0.05) is 25.1 Å². The molecule has 1 aliphatic rings. The summed E-state index contributed by atoms with van der Waals surface area (Å²) in [5.41, 5.74) is 10.8. The Bertz CT molecular complexity index is 556. The number of hydroxylamine groups is 2. The summed E-state index contributed by atoms with van der Waals surface area (Å²) in [6.45, 7) is 6.71. The van der Waals surface area contributed by atoms with Gasteiger partial charge in [-0.3, -0.25) is 4.84 Å². The summed E-state index contributed by atoms with van der Waals surface area (Å²) < 4.78 is 5.70. The fraction of sp³-hybridized carbons (Fsp3) is 0.467. The van der Waals surface area contributed by atoms with Crippen LogP contribution in [0.1, 0.15) is 20.8 Å². The van der Waals surface area contributed by atoms with E-state index in [9.17, 15) is 0 Å². The molecule has 0 amide bonds. The summed E-state index contributed by atoms with van der Waals surface area (Å²) in [6.07, 6.45) is 0. The van der Waals surface area contributed by atoms with Crippen molar-refractivity contribution >= 4 is 11.9 Å². The monoisotopic (exact) mass is 305 g/mol. The SMILES string of the molecule is CC(COc1ccccc1)CON1C(N)=NC(N)=NC1(C)C. The lowest BCUT2D eigenvalue weighted by molar-refractivity contribution is -0.167. The summed E-state index contributed by atoms with van der Waals surface area (Å²) in [5, 5.41) is 1.47. The Morgan fingerprint density at radius 1 is 1.18 bits per heavy atom. The third-order valence-electron chi connectivity index (χ3n) is 3.09. The Hall–Kier alpha value is -2.28. The van der Waals surface area contributed by atoms with Crippen LogP contribution in [0.5, 0.6) is 5.75 Å². The number of rotatable bonds is 6. The summed E-state index contributed by atoms with van der Waals surface area (Å²) in [4.78, 5) is 13.9. The van der Waals surface area contributed by atoms with Crippen LogP contribution in [0.15, 0.2) is 40.3 Å². The molecule has 7 nitrogen and oxygen atoms in total. The van der Waals surface area contributed by atoms with E-state index in [0.717, 1.165) is 5.75 Å². The van der Waals surface area contributed by atoms with Crippen molar-refractivity contribution in [2.24, 2.45) is 27.4 Å². The van der Waals surface area contributed by atoms with E-state index in [1.165, 1.54) is 5.06 Å². The van der Waals surface area contributed by atoms with Crippen LogP contribution in [0.25, 0.3) is 0 Å². The molecule has 0 bridgehead atoms. The van der Waals surface area contributed by atoms with Gasteiger partial charge in [0.05, 0.1) is 13.2 Å². The quantitative estimate of drug-likeness (QED) is 0.825. The largest absolute Gasteiger partial charge is 0.493 e. The number of ether oxygens (including phenoxy) is 1. The fourth-order valence-electron chi connectivity index (χ4n) is 2.02. The lowest BCUT2D eigenvalue weighted by atomic mass is 10.2. The normalized spacial score (nSPS) is 18.4. The highest BCUT2D eigenvalue weighted by Gasteiger charge is 2.33. The average Bonchev–Trinajstić information content (AvgIpc) is 2.44. The van der Waals surface area contributed by atoms with Gasteiger partial charge in [0.25, 0.3) is 0 Å². The van der Waals surface area contributed by atoms with Gasteiger partial charge in [-0.05, 0) is 26.0 Å². The molecule has 1 aromatic rings. The molecular weight excluding hydrogens is 282 g/mol. The molecule has 0 fully saturated rings. The van der Waals surface area contributed by atoms with Crippen LogP contribution >= 0.6 is 0 Å². The van der Waals surface area contributed by atoms with Crippen molar-refractivity contribution in [1.29, 1.82) is 0 Å². The number of benzene rings is 1. The number of guanidine groups is 2. The number of nitrogens with zero attached hydrogens (tertiary/aromatic N) is 3. The Kier molecular flexibility index (Phi) is 4.87. The maximum absolute atomic E-state index is 5.86. The van der Waals surface area contributed by atoms with Gasteiger partial charge in [0.1, 0.15) is 5.75 Å². The van der Waals surface area contributed by atoms with Gasteiger partial charge < -0.3 is 16.2 Å². The molecule has 0 aromatic heterocycles. The fourth-order valence-corrected chi connectivity index (χ4v) is 2.02. The molecule has 0 saturated heterocycles. The molecule has 2 rings (SSSR count). The van der Waals surface area contributed by atoms with E-state index in [-0.39, 0.29) is 17.8 Å².